The monoisotopic (exact) mass is 595 g/mol. The van der Waals surface area contributed by atoms with Crippen LogP contribution in [0.4, 0.5) is 11.4 Å². The Morgan fingerprint density at radius 3 is 1.17 bits per heavy atom. The molecule has 0 unspecified atom stereocenters. The van der Waals surface area contributed by atoms with Crippen molar-refractivity contribution in [2.75, 3.05) is 0 Å². The van der Waals surface area contributed by atoms with E-state index in [2.05, 4.69) is 77.9 Å². The number of aliphatic imine (C=N–C) groups is 2. The van der Waals surface area contributed by atoms with E-state index in [0.717, 1.165) is 22.8 Å². The summed E-state index contributed by atoms with van der Waals surface area (Å²) >= 11 is -2.24. The molecule has 6 heteroatoms. The average Bonchev–Trinajstić information content (AvgIpc) is 2.60. The van der Waals surface area contributed by atoms with Crippen molar-refractivity contribution in [3.63, 3.8) is 0 Å². The number of benzene rings is 2. The molecule has 30 heavy (non-hydrogen) atoms. The standard InChI is InChI=1S/C24H32N2.3ClH.Nd/c1-17(25-21-15-11-9-13-19(21)23(3,4)5)18(2)26-22-16-12-10-14-20(22)24(6,7)8;;;;/h9-16H,1-8H3;3*1H;/q;;;;+3/p-3. The van der Waals surface area contributed by atoms with Crippen molar-refractivity contribution in [2.24, 2.45) is 9.98 Å². The Labute approximate surface area is 203 Å². The van der Waals surface area contributed by atoms with Gasteiger partial charge in [-0.1, -0.05) is 77.9 Å². The predicted molar refractivity (Wildman–Crippen MR) is 133 cm³/mol. The van der Waals surface area contributed by atoms with Gasteiger partial charge in [0, 0.05) is 0 Å². The zero-order chi connectivity index (χ0) is 23.1. The molecule has 0 aliphatic rings. The van der Waals surface area contributed by atoms with E-state index in [1.807, 2.05) is 26.0 Å². The first-order valence-corrected chi connectivity index (χ1v) is 21.9. The molecule has 2 rings (SSSR count). The van der Waals surface area contributed by atoms with Gasteiger partial charge in [-0.25, -0.2) is 0 Å². The van der Waals surface area contributed by atoms with Crippen molar-refractivity contribution in [1.82, 2.24) is 0 Å². The van der Waals surface area contributed by atoms with Crippen molar-refractivity contribution in [3.05, 3.63) is 59.7 Å². The molecule has 0 spiro atoms. The molecule has 0 amide bonds. The Balaban J connectivity index is 0.00000103. The van der Waals surface area contributed by atoms with Gasteiger partial charge >= 0.3 is 47.3 Å². The van der Waals surface area contributed by atoms with Crippen molar-refractivity contribution in [3.8, 4) is 0 Å². The molecule has 2 aromatic carbocycles. The normalized spacial score (nSPS) is 12.9. The zero-order valence-electron chi connectivity index (χ0n) is 19.1. The molecule has 0 aliphatic heterocycles. The third kappa shape index (κ3) is 9.65. The third-order valence-corrected chi connectivity index (χ3v) is 4.52. The van der Waals surface area contributed by atoms with Gasteiger partial charge in [0.15, 0.2) is 0 Å². The first-order valence-electron chi connectivity index (χ1n) is 9.87. The Morgan fingerprint density at radius 2 is 0.900 bits per heavy atom. The molecule has 0 fully saturated rings. The number of halogens is 3. The van der Waals surface area contributed by atoms with Crippen LogP contribution < -0.4 is 0 Å². The van der Waals surface area contributed by atoms with E-state index in [0.29, 0.717) is 0 Å². The maximum atomic E-state index is 5.02. The van der Waals surface area contributed by atoms with Crippen LogP contribution in [-0.4, -0.2) is 11.4 Å². The summed E-state index contributed by atoms with van der Waals surface area (Å²) in [7, 11) is 0. The number of rotatable bonds is 3. The van der Waals surface area contributed by atoms with E-state index in [4.69, 9.17) is 27.4 Å². The van der Waals surface area contributed by atoms with Crippen molar-refractivity contribution < 1.29 is 29.9 Å². The van der Waals surface area contributed by atoms with Crippen molar-refractivity contribution >= 4 is 40.2 Å². The topological polar surface area (TPSA) is 24.7 Å². The number of hydrogen-bond donors (Lipinski definition) is 0. The molecule has 0 aliphatic carbocycles. The fourth-order valence-corrected chi connectivity index (χ4v) is 2.93. The van der Waals surface area contributed by atoms with Crippen LogP contribution in [0, 0.1) is 29.9 Å². The van der Waals surface area contributed by atoms with Gasteiger partial charge in [0.05, 0.1) is 22.8 Å². The quantitative estimate of drug-likeness (QED) is 0.315. The Morgan fingerprint density at radius 1 is 0.633 bits per heavy atom. The van der Waals surface area contributed by atoms with E-state index in [1.165, 1.54) is 11.1 Å². The molecule has 0 atom stereocenters. The van der Waals surface area contributed by atoms with E-state index < -0.39 is 29.9 Å². The second-order valence-corrected chi connectivity index (χ2v) is 23.2. The summed E-state index contributed by atoms with van der Waals surface area (Å²) < 4.78 is 0. The molecule has 0 aromatic heterocycles. The van der Waals surface area contributed by atoms with Crippen LogP contribution in [0.1, 0.15) is 66.5 Å². The van der Waals surface area contributed by atoms with Crippen LogP contribution in [0.3, 0.4) is 0 Å². The molecule has 0 radical (unpaired) electrons. The van der Waals surface area contributed by atoms with Crippen molar-refractivity contribution in [2.45, 2.75) is 66.2 Å². The molecule has 0 N–H and O–H groups in total. The summed E-state index contributed by atoms with van der Waals surface area (Å²) in [4.78, 5) is 9.80. The van der Waals surface area contributed by atoms with Gasteiger partial charge in [0.25, 0.3) is 0 Å². The maximum absolute atomic E-state index is 5.02. The minimum absolute atomic E-state index is 0.0598. The summed E-state index contributed by atoms with van der Waals surface area (Å²) in [5.41, 5.74) is 6.57. The van der Waals surface area contributed by atoms with Crippen molar-refractivity contribution in [1.29, 1.82) is 0 Å². The Hall–Kier alpha value is 0.000649. The molecule has 0 bridgehead atoms. The Kier molecular flexibility index (Phi) is 11.5. The SMILES string of the molecule is CC(=Nc1ccccc1C(C)(C)C)C(C)=Nc1ccccc1C(C)(C)C.[Cl][Nd]([Cl])[Cl]. The second-order valence-electron chi connectivity index (χ2n) is 9.14. The van der Waals surface area contributed by atoms with Gasteiger partial charge < -0.3 is 0 Å². The van der Waals surface area contributed by atoms with Gasteiger partial charge in [-0.2, -0.15) is 0 Å². The molecule has 163 valence electrons. The number of hydrogen-bond acceptors (Lipinski definition) is 2. The van der Waals surface area contributed by atoms with Gasteiger partial charge in [-0.3, -0.25) is 9.98 Å². The zero-order valence-corrected chi connectivity index (χ0v) is 24.6. The third-order valence-electron chi connectivity index (χ3n) is 4.52. The summed E-state index contributed by atoms with van der Waals surface area (Å²) in [5.74, 6) is 15.1. The van der Waals surface area contributed by atoms with E-state index in [1.54, 1.807) is 0 Å². The van der Waals surface area contributed by atoms with E-state index >= 15 is 0 Å². The van der Waals surface area contributed by atoms with Gasteiger partial charge in [0.1, 0.15) is 0 Å². The molecule has 2 nitrogen and oxygen atoms in total. The summed E-state index contributed by atoms with van der Waals surface area (Å²) in [6.45, 7) is 17.4. The van der Waals surface area contributed by atoms with Crippen LogP contribution in [0.15, 0.2) is 58.5 Å². The Bertz CT molecular complexity index is 818. The van der Waals surface area contributed by atoms with Crippen LogP contribution >= 0.6 is 17.4 Å². The number of para-hydroxylation sites is 2. The molecule has 0 heterocycles. The number of nitrogens with zero attached hydrogens (tertiary/aromatic N) is 2. The van der Waals surface area contributed by atoms with Crippen LogP contribution in [0.5, 0.6) is 0 Å². The van der Waals surface area contributed by atoms with Crippen LogP contribution in [0.2, 0.25) is 0 Å². The first-order chi connectivity index (χ1) is 13.7. The van der Waals surface area contributed by atoms with E-state index in [-0.39, 0.29) is 10.8 Å². The molecular formula is C24H32Cl3N2Nd. The van der Waals surface area contributed by atoms with Gasteiger partial charge in [-0.05, 0) is 47.9 Å². The summed E-state index contributed by atoms with van der Waals surface area (Å²) in [6, 6.07) is 16.7. The summed E-state index contributed by atoms with van der Waals surface area (Å²) in [6.07, 6.45) is 0. The van der Waals surface area contributed by atoms with Crippen LogP contribution in [0.25, 0.3) is 0 Å². The van der Waals surface area contributed by atoms with E-state index in [9.17, 15) is 0 Å². The fourth-order valence-electron chi connectivity index (χ4n) is 2.93. The summed E-state index contributed by atoms with van der Waals surface area (Å²) in [5, 5.41) is 0. The fraction of sp³-hybridized carbons (Fsp3) is 0.417. The van der Waals surface area contributed by atoms with Gasteiger partial charge in [0.2, 0.25) is 0 Å². The minimum atomic E-state index is -2.24. The predicted octanol–water partition coefficient (Wildman–Crippen LogP) is 9.24. The van der Waals surface area contributed by atoms with Crippen LogP contribution in [-0.2, 0) is 10.8 Å². The second kappa shape index (κ2) is 12.3. The first kappa shape index (κ1) is 28.0. The van der Waals surface area contributed by atoms with Gasteiger partial charge in [-0.15, -0.1) is 0 Å². The average molecular weight is 599 g/mol. The molecular weight excluding hydrogens is 567 g/mol. The molecule has 0 saturated carbocycles. The molecule has 0 saturated heterocycles. The molecule has 2 aromatic rings.